The number of hydrogen-bond acceptors (Lipinski definition) is 3. The Morgan fingerprint density at radius 1 is 1.58 bits per heavy atom. The van der Waals surface area contributed by atoms with Gasteiger partial charge in [-0.25, -0.2) is 0 Å². The van der Waals surface area contributed by atoms with Crippen molar-refractivity contribution in [3.63, 3.8) is 0 Å². The van der Waals surface area contributed by atoms with Gasteiger partial charge in [0.1, 0.15) is 0 Å². The second-order valence-corrected chi connectivity index (χ2v) is 7.71. The van der Waals surface area contributed by atoms with E-state index in [0.29, 0.717) is 6.04 Å². The van der Waals surface area contributed by atoms with Gasteiger partial charge in [-0.15, -0.1) is 0 Å². The van der Waals surface area contributed by atoms with Crippen LogP contribution in [-0.2, 0) is 0 Å². The minimum Gasteiger partial charge on any atom is -0.308 e. The van der Waals surface area contributed by atoms with Crippen LogP contribution in [0.3, 0.4) is 0 Å². The largest absolute Gasteiger partial charge is 0.308 e. The van der Waals surface area contributed by atoms with E-state index in [4.69, 9.17) is 11.6 Å². The molecule has 0 bridgehead atoms. The Morgan fingerprint density at radius 2 is 2.32 bits per heavy atom. The molecule has 0 saturated carbocycles. The summed E-state index contributed by atoms with van der Waals surface area (Å²) in [6, 6.07) is 0.598. The van der Waals surface area contributed by atoms with Gasteiger partial charge in [0.2, 0.25) is 0 Å². The minimum absolute atomic E-state index is 0.215. The molecule has 108 valence electrons. The molecule has 0 amide bonds. The molecule has 1 aliphatic rings. The third-order valence-corrected chi connectivity index (χ3v) is 5.70. The number of hydrogen-bond donors (Lipinski definition) is 1. The third-order valence-electron chi connectivity index (χ3n) is 3.82. The van der Waals surface area contributed by atoms with Crippen LogP contribution in [0.15, 0.2) is 6.20 Å². The summed E-state index contributed by atoms with van der Waals surface area (Å²) in [5.74, 6) is 1.24. The molecule has 2 heterocycles. The number of nitrogens with zero attached hydrogens (tertiary/aromatic N) is 2. The Morgan fingerprint density at radius 3 is 2.84 bits per heavy atom. The second-order valence-electron chi connectivity index (χ2n) is 5.67. The lowest BCUT2D eigenvalue weighted by atomic mass is 9.93. The van der Waals surface area contributed by atoms with Gasteiger partial charge < -0.3 is 5.32 Å². The zero-order valence-corrected chi connectivity index (χ0v) is 13.8. The van der Waals surface area contributed by atoms with Gasteiger partial charge in [0, 0.05) is 10.8 Å². The molecule has 2 rings (SSSR count). The van der Waals surface area contributed by atoms with Gasteiger partial charge in [-0.3, -0.25) is 4.68 Å². The van der Waals surface area contributed by atoms with E-state index in [1.807, 2.05) is 0 Å². The smallest absolute Gasteiger partial charge is 0.0834 e. The van der Waals surface area contributed by atoms with Gasteiger partial charge in [-0.2, -0.15) is 16.9 Å². The zero-order valence-electron chi connectivity index (χ0n) is 12.2. The molecule has 1 saturated heterocycles. The topological polar surface area (TPSA) is 29.9 Å². The molecular weight excluding hydrogens is 278 g/mol. The van der Waals surface area contributed by atoms with Gasteiger partial charge in [0.15, 0.2) is 0 Å². The highest BCUT2D eigenvalue weighted by Gasteiger charge is 2.41. The SMILES string of the molecule is CCNC(c1c(Cl)cnn1C(C)C)C1(C)CCCS1. The maximum atomic E-state index is 6.43. The van der Waals surface area contributed by atoms with Gasteiger partial charge in [0.25, 0.3) is 0 Å². The summed E-state index contributed by atoms with van der Waals surface area (Å²) < 4.78 is 2.28. The van der Waals surface area contributed by atoms with Crippen LogP contribution in [0.1, 0.15) is 58.3 Å². The van der Waals surface area contributed by atoms with Crippen LogP contribution in [0, 0.1) is 0 Å². The first-order valence-corrected chi connectivity index (χ1v) is 8.46. The van der Waals surface area contributed by atoms with Crippen LogP contribution in [0.4, 0.5) is 0 Å². The summed E-state index contributed by atoms with van der Waals surface area (Å²) >= 11 is 8.49. The van der Waals surface area contributed by atoms with Crippen molar-refractivity contribution in [1.82, 2.24) is 15.1 Å². The fourth-order valence-corrected chi connectivity index (χ4v) is 4.51. The molecule has 1 N–H and O–H groups in total. The monoisotopic (exact) mass is 301 g/mol. The fraction of sp³-hybridized carbons (Fsp3) is 0.786. The van der Waals surface area contributed by atoms with Crippen molar-refractivity contribution in [1.29, 1.82) is 0 Å². The molecule has 1 fully saturated rings. The quantitative estimate of drug-likeness (QED) is 0.889. The average Bonchev–Trinajstić information content (AvgIpc) is 2.94. The molecule has 1 aromatic heterocycles. The van der Waals surface area contributed by atoms with Gasteiger partial charge in [-0.05, 0) is 45.9 Å². The summed E-state index contributed by atoms with van der Waals surface area (Å²) in [4.78, 5) is 0. The second kappa shape index (κ2) is 6.06. The minimum atomic E-state index is 0.215. The van der Waals surface area contributed by atoms with Crippen LogP contribution in [0.5, 0.6) is 0 Å². The number of aromatic nitrogens is 2. The van der Waals surface area contributed by atoms with E-state index < -0.39 is 0 Å². The lowest BCUT2D eigenvalue weighted by molar-refractivity contribution is 0.379. The van der Waals surface area contributed by atoms with Crippen LogP contribution < -0.4 is 5.32 Å². The first-order valence-electron chi connectivity index (χ1n) is 7.10. The van der Waals surface area contributed by atoms with Crippen molar-refractivity contribution in [2.75, 3.05) is 12.3 Å². The molecule has 1 aliphatic heterocycles. The van der Waals surface area contributed by atoms with Crippen LogP contribution >= 0.6 is 23.4 Å². The van der Waals surface area contributed by atoms with Gasteiger partial charge in [0.05, 0.1) is 23.0 Å². The average molecular weight is 302 g/mol. The van der Waals surface area contributed by atoms with Crippen molar-refractivity contribution < 1.29 is 0 Å². The van der Waals surface area contributed by atoms with Crippen molar-refractivity contribution in [3.8, 4) is 0 Å². The van der Waals surface area contributed by atoms with E-state index in [9.17, 15) is 0 Å². The molecule has 0 aromatic carbocycles. The van der Waals surface area contributed by atoms with E-state index in [-0.39, 0.29) is 10.8 Å². The lowest BCUT2D eigenvalue weighted by Crippen LogP contribution is -2.39. The van der Waals surface area contributed by atoms with Crippen molar-refractivity contribution in [2.24, 2.45) is 0 Å². The highest BCUT2D eigenvalue weighted by molar-refractivity contribution is 8.00. The molecule has 0 spiro atoms. The summed E-state index contributed by atoms with van der Waals surface area (Å²) in [5, 5.41) is 8.88. The Bertz CT molecular complexity index is 424. The maximum Gasteiger partial charge on any atom is 0.0834 e. The van der Waals surface area contributed by atoms with E-state index in [2.05, 4.69) is 54.6 Å². The molecule has 2 atom stereocenters. The lowest BCUT2D eigenvalue weighted by Gasteiger charge is -2.35. The zero-order chi connectivity index (χ0) is 14.0. The first-order chi connectivity index (χ1) is 8.99. The Hall–Kier alpha value is -0.190. The highest BCUT2D eigenvalue weighted by Crippen LogP contribution is 2.48. The number of halogens is 1. The number of rotatable bonds is 5. The van der Waals surface area contributed by atoms with E-state index >= 15 is 0 Å². The Labute approximate surface area is 125 Å². The van der Waals surface area contributed by atoms with Crippen LogP contribution in [0.25, 0.3) is 0 Å². The first kappa shape index (κ1) is 15.2. The Kier molecular flexibility index (Phi) is 4.85. The molecule has 1 aromatic rings. The summed E-state index contributed by atoms with van der Waals surface area (Å²) in [6.07, 6.45) is 4.30. The fourth-order valence-electron chi connectivity index (χ4n) is 2.87. The van der Waals surface area contributed by atoms with Gasteiger partial charge in [-0.1, -0.05) is 18.5 Å². The molecule has 5 heteroatoms. The summed E-state index contributed by atoms with van der Waals surface area (Å²) in [6.45, 7) is 9.76. The molecule has 2 unspecified atom stereocenters. The van der Waals surface area contributed by atoms with Crippen molar-refractivity contribution in [2.45, 2.75) is 57.4 Å². The predicted molar refractivity (Wildman–Crippen MR) is 84.1 cm³/mol. The normalized spacial score (nSPS) is 25.2. The summed E-state index contributed by atoms with van der Waals surface area (Å²) in [5.41, 5.74) is 1.15. The van der Waals surface area contributed by atoms with Crippen molar-refractivity contribution in [3.05, 3.63) is 16.9 Å². The number of thioether (sulfide) groups is 1. The molecule has 3 nitrogen and oxygen atoms in total. The summed E-state index contributed by atoms with van der Waals surface area (Å²) in [7, 11) is 0. The maximum absolute atomic E-state index is 6.43. The molecule has 0 aliphatic carbocycles. The standard InChI is InChI=1S/C14H24ClN3S/c1-5-16-13(14(4)7-6-8-19-14)12-11(15)9-17-18(12)10(2)3/h9-10,13,16H,5-8H2,1-4H3. The molecule has 19 heavy (non-hydrogen) atoms. The Balaban J connectivity index is 2.41. The predicted octanol–water partition coefficient (Wildman–Crippen LogP) is 4.05. The molecular formula is C14H24ClN3S. The van der Waals surface area contributed by atoms with Crippen LogP contribution in [-0.4, -0.2) is 26.8 Å². The number of nitrogens with one attached hydrogen (secondary N) is 1. The van der Waals surface area contributed by atoms with E-state index in [1.54, 1.807) is 6.20 Å². The van der Waals surface area contributed by atoms with E-state index in [0.717, 1.165) is 17.3 Å². The van der Waals surface area contributed by atoms with Crippen LogP contribution in [0.2, 0.25) is 5.02 Å². The third kappa shape index (κ3) is 2.96. The highest BCUT2D eigenvalue weighted by atomic mass is 35.5. The van der Waals surface area contributed by atoms with E-state index in [1.165, 1.54) is 18.6 Å². The van der Waals surface area contributed by atoms with Crippen molar-refractivity contribution >= 4 is 23.4 Å². The van der Waals surface area contributed by atoms with Gasteiger partial charge >= 0.3 is 0 Å². The molecule has 0 radical (unpaired) electrons.